The lowest BCUT2D eigenvalue weighted by Crippen LogP contribution is -2.36. The van der Waals surface area contributed by atoms with Gasteiger partial charge < -0.3 is 14.9 Å². The molecule has 0 saturated carbocycles. The first-order valence-electron chi connectivity index (χ1n) is 12.8. The molecule has 0 saturated heterocycles. The molecule has 0 bridgehead atoms. The number of aromatic hydroxyl groups is 2. The van der Waals surface area contributed by atoms with Crippen molar-refractivity contribution < 1.29 is 14.9 Å². The lowest BCUT2D eigenvalue weighted by molar-refractivity contribution is 0.0309. The lowest BCUT2D eigenvalue weighted by atomic mass is 9.84. The maximum atomic E-state index is 10.3. The first-order valence-corrected chi connectivity index (χ1v) is 12.8. The maximum absolute atomic E-state index is 10.3. The fourth-order valence-corrected chi connectivity index (χ4v) is 4.31. The highest BCUT2D eigenvalue weighted by Crippen LogP contribution is 2.41. The monoisotopic (exact) mass is 420 g/mol. The van der Waals surface area contributed by atoms with Crippen molar-refractivity contribution in [3.05, 3.63) is 18.2 Å². The second-order valence-electron chi connectivity index (χ2n) is 9.05. The number of para-hydroxylation sites is 1. The van der Waals surface area contributed by atoms with Gasteiger partial charge in [-0.2, -0.15) is 0 Å². The zero-order valence-electron chi connectivity index (χ0n) is 20.1. The minimum Gasteiger partial charge on any atom is -0.504 e. The Morgan fingerprint density at radius 3 is 1.63 bits per heavy atom. The van der Waals surface area contributed by atoms with Gasteiger partial charge in [-0.05, 0) is 50.7 Å². The van der Waals surface area contributed by atoms with Crippen LogP contribution in [0.25, 0.3) is 0 Å². The molecule has 3 nitrogen and oxygen atoms in total. The van der Waals surface area contributed by atoms with Crippen LogP contribution >= 0.6 is 0 Å². The molecule has 1 aromatic carbocycles. The van der Waals surface area contributed by atoms with E-state index in [2.05, 4.69) is 20.8 Å². The van der Waals surface area contributed by atoms with Gasteiger partial charge in [-0.1, -0.05) is 97.5 Å². The van der Waals surface area contributed by atoms with E-state index in [9.17, 15) is 10.2 Å². The van der Waals surface area contributed by atoms with Gasteiger partial charge >= 0.3 is 0 Å². The Hall–Kier alpha value is -1.38. The van der Waals surface area contributed by atoms with Crippen LogP contribution in [-0.2, 0) is 0 Å². The van der Waals surface area contributed by atoms with E-state index in [1.807, 2.05) is 0 Å². The molecular weight excluding hydrogens is 372 g/mol. The average molecular weight is 421 g/mol. The fourth-order valence-electron chi connectivity index (χ4n) is 4.31. The minimum absolute atomic E-state index is 0.101. The molecule has 0 aromatic heterocycles. The summed E-state index contributed by atoms with van der Waals surface area (Å²) in [5.74, 6) is 0.211. The number of phenols is 2. The first-order chi connectivity index (χ1) is 14.6. The van der Waals surface area contributed by atoms with E-state index < -0.39 is 0 Å². The molecule has 174 valence electrons. The predicted molar refractivity (Wildman–Crippen MR) is 129 cm³/mol. The summed E-state index contributed by atoms with van der Waals surface area (Å²) < 4.78 is 6.56. The third kappa shape index (κ3) is 10.6. The molecule has 0 atom stereocenters. The highest BCUT2D eigenvalue weighted by atomic mass is 16.5. The number of hydrogen-bond acceptors (Lipinski definition) is 3. The Bertz CT molecular complexity index is 525. The molecule has 0 unspecified atom stereocenters. The molecule has 1 aromatic rings. The summed E-state index contributed by atoms with van der Waals surface area (Å²) in [6, 6.07) is 5.06. The van der Waals surface area contributed by atoms with Crippen molar-refractivity contribution in [3.63, 3.8) is 0 Å². The van der Waals surface area contributed by atoms with E-state index in [4.69, 9.17) is 4.74 Å². The van der Waals surface area contributed by atoms with Gasteiger partial charge in [0.25, 0.3) is 0 Å². The average Bonchev–Trinajstić information content (AvgIpc) is 2.75. The van der Waals surface area contributed by atoms with Crippen molar-refractivity contribution in [1.82, 2.24) is 0 Å². The van der Waals surface area contributed by atoms with Gasteiger partial charge in [0.1, 0.15) is 5.60 Å². The smallest absolute Gasteiger partial charge is 0.200 e. The largest absolute Gasteiger partial charge is 0.504 e. The normalized spacial score (nSPS) is 11.7. The van der Waals surface area contributed by atoms with Gasteiger partial charge in [0.2, 0.25) is 5.75 Å². The molecule has 0 spiro atoms. The van der Waals surface area contributed by atoms with Gasteiger partial charge in [-0.3, -0.25) is 0 Å². The standard InChI is InChI=1S/C27H48O3/c1-4-7-10-12-14-16-22-27(21-9-6-3,23-17-15-13-11-8-5-2)30-25-20-18-19-24(28)26(25)29/h18-20,28-29H,4-17,21-23H2,1-3H3. The van der Waals surface area contributed by atoms with Gasteiger partial charge in [0.15, 0.2) is 11.5 Å². The van der Waals surface area contributed by atoms with Crippen molar-refractivity contribution in [2.75, 3.05) is 0 Å². The minimum atomic E-state index is -0.239. The van der Waals surface area contributed by atoms with Crippen LogP contribution in [0.2, 0.25) is 0 Å². The molecule has 0 heterocycles. The number of hydrogen-bond donors (Lipinski definition) is 2. The van der Waals surface area contributed by atoms with Crippen LogP contribution in [0.4, 0.5) is 0 Å². The Kier molecular flexibility index (Phi) is 14.5. The number of phenolic OH excluding ortho intramolecular Hbond substituents is 2. The first kappa shape index (κ1) is 26.7. The van der Waals surface area contributed by atoms with Crippen LogP contribution in [0.3, 0.4) is 0 Å². The highest BCUT2D eigenvalue weighted by Gasteiger charge is 2.32. The van der Waals surface area contributed by atoms with Crippen LogP contribution in [0.15, 0.2) is 18.2 Å². The van der Waals surface area contributed by atoms with Gasteiger partial charge in [0.05, 0.1) is 0 Å². The molecule has 0 amide bonds. The van der Waals surface area contributed by atoms with Crippen molar-refractivity contribution in [1.29, 1.82) is 0 Å². The molecule has 30 heavy (non-hydrogen) atoms. The third-order valence-corrected chi connectivity index (χ3v) is 6.26. The van der Waals surface area contributed by atoms with Crippen LogP contribution in [0, 0.1) is 0 Å². The van der Waals surface area contributed by atoms with E-state index in [0.717, 1.165) is 32.1 Å². The Labute approximate surface area is 186 Å². The second-order valence-corrected chi connectivity index (χ2v) is 9.05. The molecule has 0 radical (unpaired) electrons. The molecule has 0 fully saturated rings. The van der Waals surface area contributed by atoms with Crippen LogP contribution < -0.4 is 4.74 Å². The quantitative estimate of drug-likeness (QED) is 0.173. The highest BCUT2D eigenvalue weighted by molar-refractivity contribution is 5.49. The summed E-state index contributed by atoms with van der Waals surface area (Å²) in [7, 11) is 0. The molecule has 0 aliphatic carbocycles. The summed E-state index contributed by atoms with van der Waals surface area (Å²) in [5.41, 5.74) is -0.239. The number of ether oxygens (including phenoxy) is 1. The van der Waals surface area contributed by atoms with E-state index in [1.54, 1.807) is 12.1 Å². The molecule has 3 heteroatoms. The summed E-state index contributed by atoms with van der Waals surface area (Å²) in [4.78, 5) is 0. The summed E-state index contributed by atoms with van der Waals surface area (Å²) in [5, 5.41) is 20.3. The summed E-state index contributed by atoms with van der Waals surface area (Å²) in [6.45, 7) is 6.74. The molecule has 1 rings (SSSR count). The third-order valence-electron chi connectivity index (χ3n) is 6.26. The Morgan fingerprint density at radius 1 is 0.633 bits per heavy atom. The zero-order chi connectivity index (χ0) is 22.1. The van der Waals surface area contributed by atoms with Crippen molar-refractivity contribution >= 4 is 0 Å². The number of rotatable bonds is 19. The topological polar surface area (TPSA) is 49.7 Å². The second kappa shape index (κ2) is 16.3. The molecular formula is C27H48O3. The van der Waals surface area contributed by atoms with Crippen LogP contribution in [-0.4, -0.2) is 15.8 Å². The molecule has 0 aliphatic heterocycles. The predicted octanol–water partition coefficient (Wildman–Crippen LogP) is 8.91. The van der Waals surface area contributed by atoms with Crippen LogP contribution in [0.1, 0.15) is 130 Å². The van der Waals surface area contributed by atoms with Gasteiger partial charge in [-0.25, -0.2) is 0 Å². The Morgan fingerprint density at radius 2 is 1.10 bits per heavy atom. The lowest BCUT2D eigenvalue weighted by Gasteiger charge is -2.35. The Balaban J connectivity index is 2.82. The van der Waals surface area contributed by atoms with Crippen molar-refractivity contribution in [3.8, 4) is 17.2 Å². The fraction of sp³-hybridized carbons (Fsp3) is 0.778. The summed E-state index contributed by atoms with van der Waals surface area (Å²) in [6.07, 6.45) is 20.6. The van der Waals surface area contributed by atoms with Crippen LogP contribution in [0.5, 0.6) is 17.2 Å². The molecule has 0 aliphatic rings. The maximum Gasteiger partial charge on any atom is 0.200 e. The van der Waals surface area contributed by atoms with Gasteiger partial charge in [-0.15, -0.1) is 0 Å². The summed E-state index contributed by atoms with van der Waals surface area (Å²) >= 11 is 0. The SMILES string of the molecule is CCCCCCCCC(CCCC)(CCCCCCCC)Oc1cccc(O)c1O. The zero-order valence-corrected chi connectivity index (χ0v) is 20.1. The van der Waals surface area contributed by atoms with E-state index in [0.29, 0.717) is 5.75 Å². The number of benzene rings is 1. The van der Waals surface area contributed by atoms with Crippen molar-refractivity contribution in [2.45, 2.75) is 136 Å². The molecule has 2 N–H and O–H groups in total. The van der Waals surface area contributed by atoms with Gasteiger partial charge in [0, 0.05) is 0 Å². The van der Waals surface area contributed by atoms with E-state index in [-0.39, 0.29) is 17.1 Å². The number of unbranched alkanes of at least 4 members (excludes halogenated alkanes) is 11. The van der Waals surface area contributed by atoms with E-state index >= 15 is 0 Å². The van der Waals surface area contributed by atoms with E-state index in [1.165, 1.54) is 83.1 Å². The van der Waals surface area contributed by atoms with Crippen molar-refractivity contribution in [2.24, 2.45) is 0 Å².